The highest BCUT2D eigenvalue weighted by atomic mass is 16.7. The molecule has 1 saturated carbocycles. The lowest BCUT2D eigenvalue weighted by atomic mass is 9.71. The minimum atomic E-state index is -0.756. The van der Waals surface area contributed by atoms with Gasteiger partial charge in [-0.1, -0.05) is 111 Å². The van der Waals surface area contributed by atoms with Crippen molar-refractivity contribution in [2.45, 2.75) is 164 Å². The number of hydrogen-bond acceptors (Lipinski definition) is 8. The summed E-state index contributed by atoms with van der Waals surface area (Å²) in [6.07, 6.45) is 27.5. The summed E-state index contributed by atoms with van der Waals surface area (Å²) in [6, 6.07) is 0. The van der Waals surface area contributed by atoms with Gasteiger partial charge in [-0.25, -0.2) is 4.79 Å². The Hall–Kier alpha value is -2.35. The lowest BCUT2D eigenvalue weighted by molar-refractivity contribution is -0.152. The third kappa shape index (κ3) is 24.5. The van der Waals surface area contributed by atoms with Crippen molar-refractivity contribution in [2.75, 3.05) is 46.1 Å². The van der Waals surface area contributed by atoms with Crippen LogP contribution in [0.3, 0.4) is 0 Å². The first-order valence-electron chi connectivity index (χ1n) is 20.8. The van der Waals surface area contributed by atoms with Crippen LogP contribution < -0.4 is 0 Å². The van der Waals surface area contributed by atoms with Gasteiger partial charge in [-0.15, -0.1) is 0 Å². The largest absolute Gasteiger partial charge is 0.508 e. The fraction of sp³-hybridized carbons (Fsp3) is 0.837. The Labute approximate surface area is 312 Å². The number of unbranched alkanes of at least 4 members (excludes halogenated alkanes) is 8. The highest BCUT2D eigenvalue weighted by Gasteiger charge is 2.37. The summed E-state index contributed by atoms with van der Waals surface area (Å²) in [6.45, 7) is 16.2. The lowest BCUT2D eigenvalue weighted by Gasteiger charge is -2.34. The zero-order chi connectivity index (χ0) is 37.6. The van der Waals surface area contributed by atoms with Crippen molar-refractivity contribution in [2.24, 2.45) is 23.2 Å². The van der Waals surface area contributed by atoms with E-state index in [1.54, 1.807) is 0 Å². The van der Waals surface area contributed by atoms with Gasteiger partial charge >= 0.3 is 18.1 Å². The fourth-order valence-electron chi connectivity index (χ4n) is 7.18. The van der Waals surface area contributed by atoms with Gasteiger partial charge in [0.15, 0.2) is 0 Å². The molecule has 0 amide bonds. The maximum Gasteiger partial charge on any atom is 0.508 e. The van der Waals surface area contributed by atoms with E-state index in [0.717, 1.165) is 90.3 Å². The van der Waals surface area contributed by atoms with E-state index < -0.39 is 12.1 Å². The Bertz CT molecular complexity index is 948. The summed E-state index contributed by atoms with van der Waals surface area (Å²) >= 11 is 0. The van der Waals surface area contributed by atoms with Gasteiger partial charge in [0.05, 0.1) is 18.9 Å². The third-order valence-electron chi connectivity index (χ3n) is 10.4. The molecule has 296 valence electrons. The van der Waals surface area contributed by atoms with Gasteiger partial charge in [0.1, 0.15) is 19.8 Å². The summed E-state index contributed by atoms with van der Waals surface area (Å²) in [5.74, 6) is 0.193. The van der Waals surface area contributed by atoms with Crippen molar-refractivity contribution in [3.63, 3.8) is 0 Å². The predicted octanol–water partition coefficient (Wildman–Crippen LogP) is 11.0. The molecule has 1 aliphatic carbocycles. The topological polar surface area (TPSA) is 91.4 Å². The number of rotatable bonds is 29. The van der Waals surface area contributed by atoms with E-state index >= 15 is 0 Å². The van der Waals surface area contributed by atoms with Crippen LogP contribution in [0.2, 0.25) is 0 Å². The van der Waals surface area contributed by atoms with E-state index in [4.69, 9.17) is 18.9 Å². The molecule has 1 fully saturated rings. The van der Waals surface area contributed by atoms with Crippen LogP contribution in [-0.2, 0) is 28.5 Å². The predicted molar refractivity (Wildman–Crippen MR) is 209 cm³/mol. The zero-order valence-corrected chi connectivity index (χ0v) is 33.7. The minimum Gasteiger partial charge on any atom is -0.465 e. The molecule has 0 N–H and O–H groups in total. The van der Waals surface area contributed by atoms with Crippen LogP contribution >= 0.6 is 0 Å². The Balaban J connectivity index is 2.48. The van der Waals surface area contributed by atoms with Gasteiger partial charge in [-0.05, 0) is 94.5 Å². The molecule has 0 saturated heterocycles. The molecule has 0 heterocycles. The summed E-state index contributed by atoms with van der Waals surface area (Å²) in [4.78, 5) is 40.3. The summed E-state index contributed by atoms with van der Waals surface area (Å²) < 4.78 is 22.0. The van der Waals surface area contributed by atoms with E-state index in [1.165, 1.54) is 38.5 Å². The monoisotopic (exact) mass is 720 g/mol. The standard InChI is InChI=1S/C43H77NO7/c1-7-11-12-13-14-15-16-17-18-19-20-21-22-23-24-26-40(45)49-34-39(36-51-42(47)48-30-25-29-44(9-3)10-4)35-50-41(46)33-43(8-2)31-37(5)27-28-38(6)32-43/h14-15,17-18,37-39H,7-13,16,19-36H2,1-6H3/b15-14-,18-17-/t37-,38?,39?,43?/m1/s1. The number of hydrogen-bond donors (Lipinski definition) is 0. The van der Waals surface area contributed by atoms with E-state index in [1.807, 2.05) is 0 Å². The maximum atomic E-state index is 13.2. The molecule has 8 nitrogen and oxygen atoms in total. The molecule has 1 rings (SSSR count). The van der Waals surface area contributed by atoms with E-state index in [2.05, 4.69) is 70.7 Å². The van der Waals surface area contributed by atoms with E-state index in [9.17, 15) is 14.4 Å². The molecule has 51 heavy (non-hydrogen) atoms. The zero-order valence-electron chi connectivity index (χ0n) is 33.7. The Morgan fingerprint density at radius 3 is 1.86 bits per heavy atom. The van der Waals surface area contributed by atoms with Gasteiger partial charge in [-0.2, -0.15) is 0 Å². The number of carbonyl (C=O) groups is 3. The number of nitrogens with zero attached hydrogens (tertiary/aromatic N) is 1. The van der Waals surface area contributed by atoms with Gasteiger partial charge in [0.2, 0.25) is 0 Å². The van der Waals surface area contributed by atoms with Gasteiger partial charge < -0.3 is 23.8 Å². The van der Waals surface area contributed by atoms with Gasteiger partial charge in [0.25, 0.3) is 0 Å². The molecule has 0 aromatic heterocycles. The maximum absolute atomic E-state index is 13.2. The molecule has 3 unspecified atom stereocenters. The van der Waals surface area contributed by atoms with Crippen LogP contribution in [0.25, 0.3) is 0 Å². The third-order valence-corrected chi connectivity index (χ3v) is 10.4. The second kappa shape index (κ2) is 30.1. The summed E-state index contributed by atoms with van der Waals surface area (Å²) in [5, 5.41) is 0. The Morgan fingerprint density at radius 1 is 0.686 bits per heavy atom. The molecule has 0 aliphatic heterocycles. The van der Waals surface area contributed by atoms with Crippen LogP contribution in [0.4, 0.5) is 4.79 Å². The SMILES string of the molecule is CCCCC/C=C\C/C=C\CCCCCCCC(=O)OCC(COC(=O)CC1(CC)CC(C)CC[C@@H](C)C1)COC(=O)OCCCN(CC)CC. The molecule has 0 spiro atoms. The number of carbonyl (C=O) groups excluding carboxylic acids is 3. The molecular weight excluding hydrogens is 642 g/mol. The Morgan fingerprint density at radius 2 is 1.25 bits per heavy atom. The van der Waals surface area contributed by atoms with Crippen LogP contribution in [0.15, 0.2) is 24.3 Å². The highest BCUT2D eigenvalue weighted by molar-refractivity contribution is 5.70. The molecule has 0 aromatic rings. The second-order valence-electron chi connectivity index (χ2n) is 15.2. The minimum absolute atomic E-state index is 0.0224. The average Bonchev–Trinajstić information content (AvgIpc) is 3.26. The number of allylic oxidation sites excluding steroid dienone is 4. The average molecular weight is 720 g/mol. The second-order valence-corrected chi connectivity index (χ2v) is 15.2. The van der Waals surface area contributed by atoms with Crippen LogP contribution in [0.1, 0.15) is 164 Å². The Kier molecular flexibility index (Phi) is 27.6. The first-order chi connectivity index (χ1) is 24.7. The van der Waals surface area contributed by atoms with Crippen LogP contribution in [0, 0.1) is 23.2 Å². The molecule has 1 aliphatic rings. The van der Waals surface area contributed by atoms with Crippen molar-refractivity contribution in [3.05, 3.63) is 24.3 Å². The highest BCUT2D eigenvalue weighted by Crippen LogP contribution is 2.45. The van der Waals surface area contributed by atoms with Crippen LogP contribution in [-0.4, -0.2) is 69.1 Å². The summed E-state index contributed by atoms with van der Waals surface area (Å²) in [5.41, 5.74) is -0.0542. The van der Waals surface area contributed by atoms with Crippen molar-refractivity contribution < 1.29 is 33.3 Å². The molecular formula is C43H77NO7. The normalized spacial score (nSPS) is 20.1. The van der Waals surface area contributed by atoms with Crippen molar-refractivity contribution in [1.29, 1.82) is 0 Å². The molecule has 8 heteroatoms. The van der Waals surface area contributed by atoms with Crippen molar-refractivity contribution in [1.82, 2.24) is 4.90 Å². The van der Waals surface area contributed by atoms with E-state index in [0.29, 0.717) is 24.7 Å². The quantitative estimate of drug-likeness (QED) is 0.0248. The van der Waals surface area contributed by atoms with Crippen molar-refractivity contribution >= 4 is 18.1 Å². The molecule has 0 bridgehead atoms. The summed E-state index contributed by atoms with van der Waals surface area (Å²) in [7, 11) is 0. The van der Waals surface area contributed by atoms with Gasteiger partial charge in [0, 0.05) is 13.0 Å². The first-order valence-corrected chi connectivity index (χ1v) is 20.8. The van der Waals surface area contributed by atoms with Crippen LogP contribution in [0.5, 0.6) is 0 Å². The number of esters is 2. The first kappa shape index (κ1) is 46.7. The van der Waals surface area contributed by atoms with Gasteiger partial charge in [-0.3, -0.25) is 9.59 Å². The molecule has 0 aromatic carbocycles. The van der Waals surface area contributed by atoms with Crippen molar-refractivity contribution in [3.8, 4) is 0 Å². The lowest BCUT2D eigenvalue weighted by Crippen LogP contribution is -2.30. The van der Waals surface area contributed by atoms with E-state index in [-0.39, 0.29) is 43.8 Å². The fourth-order valence-corrected chi connectivity index (χ4v) is 7.18. The number of ether oxygens (including phenoxy) is 4. The molecule has 0 radical (unpaired) electrons. The molecule has 4 atom stereocenters. The smallest absolute Gasteiger partial charge is 0.465 e.